The third-order valence-corrected chi connectivity index (χ3v) is 6.96. The number of nitrogens with one attached hydrogen (secondary N) is 1. The van der Waals surface area contributed by atoms with Crippen LogP contribution in [0.4, 0.5) is 0 Å². The van der Waals surface area contributed by atoms with Gasteiger partial charge in [0.05, 0.1) is 0 Å². The molecule has 5 saturated carbocycles. The fourth-order valence-corrected chi connectivity index (χ4v) is 6.41. The maximum atomic E-state index is 6.07. The summed E-state index contributed by atoms with van der Waals surface area (Å²) in [5.74, 6) is 3.21. The van der Waals surface area contributed by atoms with Crippen molar-refractivity contribution in [2.24, 2.45) is 28.9 Å². The first-order valence-corrected chi connectivity index (χ1v) is 8.64. The summed E-state index contributed by atoms with van der Waals surface area (Å²) in [6.07, 6.45) is 13.0. The molecule has 2 heteroatoms. The van der Waals surface area contributed by atoms with Crippen LogP contribution in [0.2, 0.25) is 0 Å². The summed E-state index contributed by atoms with van der Waals surface area (Å²) >= 11 is 0. The Bertz CT molecular complexity index is 316. The fourth-order valence-electron chi connectivity index (χ4n) is 6.41. The Labute approximate surface area is 117 Å². The minimum absolute atomic E-state index is 0.459. The molecule has 5 rings (SSSR count). The molecule has 0 radical (unpaired) electrons. The van der Waals surface area contributed by atoms with Gasteiger partial charge < -0.3 is 11.1 Å². The topological polar surface area (TPSA) is 38.0 Å². The van der Waals surface area contributed by atoms with Crippen molar-refractivity contribution in [1.29, 1.82) is 0 Å². The highest BCUT2D eigenvalue weighted by atomic mass is 15.0. The molecule has 4 bridgehead atoms. The molecule has 0 spiro atoms. The molecular weight excluding hydrogens is 232 g/mol. The van der Waals surface area contributed by atoms with Gasteiger partial charge in [0.15, 0.2) is 0 Å². The van der Waals surface area contributed by atoms with Crippen molar-refractivity contribution in [3.05, 3.63) is 0 Å². The van der Waals surface area contributed by atoms with Gasteiger partial charge in [-0.25, -0.2) is 0 Å². The van der Waals surface area contributed by atoms with Crippen LogP contribution in [0.5, 0.6) is 0 Å². The minimum Gasteiger partial charge on any atom is -0.328 e. The maximum absolute atomic E-state index is 6.07. The Balaban J connectivity index is 1.45. The lowest BCUT2D eigenvalue weighted by atomic mass is 9.48. The average molecular weight is 262 g/mol. The van der Waals surface area contributed by atoms with Crippen LogP contribution in [0.15, 0.2) is 0 Å². The molecule has 108 valence electrons. The van der Waals surface area contributed by atoms with Crippen molar-refractivity contribution in [3.63, 3.8) is 0 Å². The zero-order valence-electron chi connectivity index (χ0n) is 12.4. The standard InChI is InChI=1S/C17H30N2/c1-11(19-16-3-2-15(18)7-16)17-8-12-4-13(9-17)6-14(5-12)10-17/h11-16,19H,2-10,18H2,1H3. The summed E-state index contributed by atoms with van der Waals surface area (Å²) in [4.78, 5) is 0. The van der Waals surface area contributed by atoms with E-state index in [4.69, 9.17) is 5.73 Å². The highest BCUT2D eigenvalue weighted by Gasteiger charge is 2.53. The molecule has 0 aromatic carbocycles. The van der Waals surface area contributed by atoms with Gasteiger partial charge in [0.1, 0.15) is 0 Å². The lowest BCUT2D eigenvalue weighted by Gasteiger charge is -2.59. The van der Waals surface area contributed by atoms with Crippen LogP contribution in [0, 0.1) is 23.2 Å². The highest BCUT2D eigenvalue weighted by Crippen LogP contribution is 2.61. The molecule has 0 aromatic heterocycles. The van der Waals surface area contributed by atoms with Crippen LogP contribution in [0.1, 0.15) is 64.7 Å². The molecule has 0 saturated heterocycles. The Hall–Kier alpha value is -0.0800. The van der Waals surface area contributed by atoms with Gasteiger partial charge in [0.25, 0.3) is 0 Å². The average Bonchev–Trinajstić information content (AvgIpc) is 2.73. The van der Waals surface area contributed by atoms with Crippen LogP contribution < -0.4 is 11.1 Å². The molecule has 19 heavy (non-hydrogen) atoms. The lowest BCUT2D eigenvalue weighted by molar-refractivity contribution is -0.0720. The van der Waals surface area contributed by atoms with Crippen molar-refractivity contribution in [3.8, 4) is 0 Å². The summed E-state index contributed by atoms with van der Waals surface area (Å²) in [5.41, 5.74) is 6.72. The van der Waals surface area contributed by atoms with Crippen molar-refractivity contribution in [2.45, 2.75) is 82.8 Å². The first-order chi connectivity index (χ1) is 9.13. The second kappa shape index (κ2) is 4.46. The predicted molar refractivity (Wildman–Crippen MR) is 78.8 cm³/mol. The first kappa shape index (κ1) is 12.6. The van der Waals surface area contributed by atoms with E-state index in [1.54, 1.807) is 19.3 Å². The molecule has 5 aliphatic carbocycles. The normalized spacial score (nSPS) is 53.7. The van der Waals surface area contributed by atoms with Gasteiger partial charge in [-0.2, -0.15) is 0 Å². The van der Waals surface area contributed by atoms with Gasteiger partial charge >= 0.3 is 0 Å². The predicted octanol–water partition coefficient (Wildman–Crippen LogP) is 3.06. The maximum Gasteiger partial charge on any atom is 0.00980 e. The summed E-state index contributed by atoms with van der Waals surface area (Å²) in [6.45, 7) is 2.48. The van der Waals surface area contributed by atoms with E-state index in [0.717, 1.165) is 23.8 Å². The largest absolute Gasteiger partial charge is 0.328 e. The van der Waals surface area contributed by atoms with Crippen molar-refractivity contribution in [2.75, 3.05) is 0 Å². The molecule has 3 N–H and O–H groups in total. The number of nitrogens with two attached hydrogens (primary N) is 1. The molecule has 0 amide bonds. The Kier molecular flexibility index (Phi) is 2.97. The van der Waals surface area contributed by atoms with E-state index in [1.165, 1.54) is 38.5 Å². The zero-order valence-corrected chi connectivity index (χ0v) is 12.4. The molecule has 3 atom stereocenters. The second-order valence-electron chi connectivity index (χ2n) is 8.44. The third-order valence-electron chi connectivity index (χ3n) is 6.96. The molecule has 3 unspecified atom stereocenters. The van der Waals surface area contributed by atoms with Gasteiger partial charge in [-0.1, -0.05) is 0 Å². The van der Waals surface area contributed by atoms with Crippen molar-refractivity contribution in [1.82, 2.24) is 5.32 Å². The smallest absolute Gasteiger partial charge is 0.00980 e. The minimum atomic E-state index is 0.459. The SMILES string of the molecule is CC(NC1CCC(N)C1)C12CC3CC(CC(C3)C1)C2. The molecule has 5 fully saturated rings. The summed E-state index contributed by atoms with van der Waals surface area (Å²) in [7, 11) is 0. The van der Waals surface area contributed by atoms with E-state index in [1.807, 2.05) is 0 Å². The Morgan fingerprint density at radius 3 is 2.00 bits per heavy atom. The number of hydrogen-bond donors (Lipinski definition) is 2. The van der Waals surface area contributed by atoms with Gasteiger partial charge in [-0.05, 0) is 87.9 Å². The Morgan fingerprint density at radius 1 is 0.947 bits per heavy atom. The van der Waals surface area contributed by atoms with E-state index < -0.39 is 0 Å². The van der Waals surface area contributed by atoms with E-state index in [9.17, 15) is 0 Å². The summed E-state index contributed by atoms with van der Waals surface area (Å²) in [5, 5.41) is 3.99. The fraction of sp³-hybridized carbons (Fsp3) is 1.00. The van der Waals surface area contributed by atoms with Gasteiger partial charge in [0, 0.05) is 18.1 Å². The van der Waals surface area contributed by atoms with Crippen LogP contribution in [-0.4, -0.2) is 18.1 Å². The van der Waals surface area contributed by atoms with Gasteiger partial charge in [-0.15, -0.1) is 0 Å². The van der Waals surface area contributed by atoms with Crippen LogP contribution in [-0.2, 0) is 0 Å². The third kappa shape index (κ3) is 2.15. The summed E-state index contributed by atoms with van der Waals surface area (Å²) in [6, 6.07) is 1.88. The van der Waals surface area contributed by atoms with Crippen LogP contribution in [0.3, 0.4) is 0 Å². The molecule has 5 aliphatic rings. The van der Waals surface area contributed by atoms with E-state index in [2.05, 4.69) is 12.2 Å². The van der Waals surface area contributed by atoms with E-state index >= 15 is 0 Å². The molecule has 0 aliphatic heterocycles. The van der Waals surface area contributed by atoms with Crippen LogP contribution >= 0.6 is 0 Å². The van der Waals surface area contributed by atoms with Crippen molar-refractivity contribution >= 4 is 0 Å². The molecule has 2 nitrogen and oxygen atoms in total. The Morgan fingerprint density at radius 2 is 1.53 bits per heavy atom. The van der Waals surface area contributed by atoms with Crippen LogP contribution in [0.25, 0.3) is 0 Å². The second-order valence-corrected chi connectivity index (χ2v) is 8.44. The number of rotatable bonds is 3. The van der Waals surface area contributed by atoms with Crippen molar-refractivity contribution < 1.29 is 0 Å². The van der Waals surface area contributed by atoms with E-state index in [0.29, 0.717) is 17.5 Å². The van der Waals surface area contributed by atoms with Gasteiger partial charge in [-0.3, -0.25) is 0 Å². The highest BCUT2D eigenvalue weighted by molar-refractivity contribution is 5.05. The van der Waals surface area contributed by atoms with Gasteiger partial charge in [0.2, 0.25) is 0 Å². The monoisotopic (exact) mass is 262 g/mol. The quantitative estimate of drug-likeness (QED) is 0.820. The molecule has 0 heterocycles. The molecule has 0 aromatic rings. The lowest BCUT2D eigenvalue weighted by Crippen LogP contribution is -2.56. The molecular formula is C17H30N2. The van der Waals surface area contributed by atoms with E-state index in [-0.39, 0.29) is 0 Å². The summed E-state index contributed by atoms with van der Waals surface area (Å²) < 4.78 is 0. The number of hydrogen-bond acceptors (Lipinski definition) is 2. The first-order valence-electron chi connectivity index (χ1n) is 8.64. The zero-order chi connectivity index (χ0) is 13.0.